The highest BCUT2D eigenvalue weighted by atomic mass is 35.5. The van der Waals surface area contributed by atoms with Gasteiger partial charge in [0.2, 0.25) is 5.28 Å². The van der Waals surface area contributed by atoms with E-state index in [0.717, 1.165) is 11.1 Å². The van der Waals surface area contributed by atoms with Crippen molar-refractivity contribution in [3.63, 3.8) is 0 Å². The molecule has 0 atom stereocenters. The molecule has 3 aromatic rings. The fraction of sp³-hybridized carbons (Fsp3) is 0.0667. The molecule has 1 aromatic heterocycles. The van der Waals surface area contributed by atoms with Crippen molar-refractivity contribution in [3.8, 4) is 17.1 Å². The summed E-state index contributed by atoms with van der Waals surface area (Å²) in [6.45, 7) is 1.89. The van der Waals surface area contributed by atoms with Crippen molar-refractivity contribution in [1.82, 2.24) is 14.8 Å². The van der Waals surface area contributed by atoms with E-state index >= 15 is 0 Å². The number of benzene rings is 2. The van der Waals surface area contributed by atoms with E-state index in [-0.39, 0.29) is 11.1 Å². The first-order chi connectivity index (χ1) is 9.66. The minimum absolute atomic E-state index is 0.133. The van der Waals surface area contributed by atoms with E-state index in [9.17, 15) is 4.39 Å². The molecule has 0 aliphatic rings. The summed E-state index contributed by atoms with van der Waals surface area (Å²) in [7, 11) is 0. The molecule has 0 N–H and O–H groups in total. The van der Waals surface area contributed by atoms with Crippen LogP contribution in [0, 0.1) is 12.7 Å². The summed E-state index contributed by atoms with van der Waals surface area (Å²) in [6, 6.07) is 14.3. The first-order valence-corrected chi connectivity index (χ1v) is 6.47. The minimum Gasteiger partial charge on any atom is -0.263 e. The Morgan fingerprint density at radius 2 is 1.80 bits per heavy atom. The van der Waals surface area contributed by atoms with E-state index in [1.165, 1.54) is 10.6 Å². The Morgan fingerprint density at radius 3 is 2.55 bits per heavy atom. The van der Waals surface area contributed by atoms with Crippen LogP contribution in [0.25, 0.3) is 17.1 Å². The average molecular weight is 288 g/mol. The SMILES string of the molecule is Cc1ccc(F)c(-n2c(Cl)nnc2-c2ccccc2)c1. The Balaban J connectivity index is 2.24. The number of halogens is 2. The van der Waals surface area contributed by atoms with Crippen molar-refractivity contribution >= 4 is 11.6 Å². The van der Waals surface area contributed by atoms with Gasteiger partial charge in [0.25, 0.3) is 0 Å². The van der Waals surface area contributed by atoms with Gasteiger partial charge >= 0.3 is 0 Å². The maximum Gasteiger partial charge on any atom is 0.230 e. The molecule has 100 valence electrons. The van der Waals surface area contributed by atoms with Crippen molar-refractivity contribution in [1.29, 1.82) is 0 Å². The zero-order valence-electron chi connectivity index (χ0n) is 10.7. The highest BCUT2D eigenvalue weighted by molar-refractivity contribution is 6.28. The molecule has 1 heterocycles. The summed E-state index contributed by atoms with van der Waals surface area (Å²) in [5.41, 5.74) is 2.11. The molecule has 0 amide bonds. The van der Waals surface area contributed by atoms with Gasteiger partial charge in [-0.25, -0.2) is 4.39 Å². The van der Waals surface area contributed by atoms with Crippen LogP contribution in [0.2, 0.25) is 5.28 Å². The number of hydrogen-bond donors (Lipinski definition) is 0. The zero-order chi connectivity index (χ0) is 14.1. The van der Waals surface area contributed by atoms with E-state index in [1.54, 1.807) is 12.1 Å². The van der Waals surface area contributed by atoms with Crippen LogP contribution in [-0.2, 0) is 0 Å². The first kappa shape index (κ1) is 12.8. The third kappa shape index (κ3) is 2.18. The van der Waals surface area contributed by atoms with Gasteiger partial charge in [-0.3, -0.25) is 4.57 Å². The van der Waals surface area contributed by atoms with E-state index in [4.69, 9.17) is 11.6 Å². The molecule has 20 heavy (non-hydrogen) atoms. The summed E-state index contributed by atoms with van der Waals surface area (Å²) >= 11 is 6.08. The topological polar surface area (TPSA) is 30.7 Å². The fourth-order valence-corrected chi connectivity index (χ4v) is 2.26. The molecule has 5 heteroatoms. The van der Waals surface area contributed by atoms with Crippen LogP contribution >= 0.6 is 11.6 Å². The number of hydrogen-bond acceptors (Lipinski definition) is 2. The van der Waals surface area contributed by atoms with Crippen molar-refractivity contribution in [2.75, 3.05) is 0 Å². The van der Waals surface area contributed by atoms with Gasteiger partial charge < -0.3 is 0 Å². The Labute approximate surface area is 120 Å². The molecule has 0 spiro atoms. The van der Waals surface area contributed by atoms with E-state index in [2.05, 4.69) is 10.2 Å². The van der Waals surface area contributed by atoms with E-state index in [1.807, 2.05) is 37.3 Å². The Morgan fingerprint density at radius 1 is 1.05 bits per heavy atom. The highest BCUT2D eigenvalue weighted by Crippen LogP contribution is 2.27. The second-order valence-electron chi connectivity index (χ2n) is 4.45. The van der Waals surface area contributed by atoms with Gasteiger partial charge in [0.05, 0.1) is 5.69 Å². The van der Waals surface area contributed by atoms with E-state index < -0.39 is 0 Å². The number of nitrogens with zero attached hydrogens (tertiary/aromatic N) is 3. The monoisotopic (exact) mass is 287 g/mol. The molecule has 0 saturated heterocycles. The number of aromatic nitrogens is 3. The lowest BCUT2D eigenvalue weighted by Gasteiger charge is -2.09. The summed E-state index contributed by atoms with van der Waals surface area (Å²) < 4.78 is 15.6. The van der Waals surface area contributed by atoms with Crippen molar-refractivity contribution in [2.45, 2.75) is 6.92 Å². The Hall–Kier alpha value is -2.20. The first-order valence-electron chi connectivity index (χ1n) is 6.09. The average Bonchev–Trinajstić information content (AvgIpc) is 2.84. The maximum atomic E-state index is 14.1. The van der Waals surface area contributed by atoms with Crippen LogP contribution in [-0.4, -0.2) is 14.8 Å². The quantitative estimate of drug-likeness (QED) is 0.712. The molecule has 0 bridgehead atoms. The van der Waals surface area contributed by atoms with Crippen molar-refractivity contribution < 1.29 is 4.39 Å². The number of rotatable bonds is 2. The third-order valence-electron chi connectivity index (χ3n) is 3.00. The zero-order valence-corrected chi connectivity index (χ0v) is 11.5. The molecule has 3 nitrogen and oxygen atoms in total. The van der Waals surface area contributed by atoms with E-state index in [0.29, 0.717) is 11.5 Å². The second kappa shape index (κ2) is 5.06. The lowest BCUT2D eigenvalue weighted by Crippen LogP contribution is -2.01. The minimum atomic E-state index is -0.366. The smallest absolute Gasteiger partial charge is 0.230 e. The van der Waals surface area contributed by atoms with Gasteiger partial charge in [-0.2, -0.15) is 0 Å². The second-order valence-corrected chi connectivity index (χ2v) is 4.79. The predicted octanol–water partition coefficient (Wildman–Crippen LogP) is 4.04. The van der Waals surface area contributed by atoms with Crippen LogP contribution in [0.1, 0.15) is 5.56 Å². The normalized spacial score (nSPS) is 10.8. The van der Waals surface area contributed by atoms with Crippen LogP contribution in [0.15, 0.2) is 48.5 Å². The molecule has 0 radical (unpaired) electrons. The van der Waals surface area contributed by atoms with Crippen LogP contribution < -0.4 is 0 Å². The van der Waals surface area contributed by atoms with Gasteiger partial charge in [-0.15, -0.1) is 10.2 Å². The highest BCUT2D eigenvalue weighted by Gasteiger charge is 2.16. The van der Waals surface area contributed by atoms with Crippen molar-refractivity contribution in [3.05, 3.63) is 65.2 Å². The van der Waals surface area contributed by atoms with Gasteiger partial charge in [-0.1, -0.05) is 36.4 Å². The van der Waals surface area contributed by atoms with Gasteiger partial charge in [0.1, 0.15) is 5.82 Å². The molecule has 0 aliphatic heterocycles. The summed E-state index contributed by atoms with van der Waals surface area (Å²) in [4.78, 5) is 0. The Bertz CT molecular complexity index is 753. The van der Waals surface area contributed by atoms with Gasteiger partial charge in [0.15, 0.2) is 5.82 Å². The largest absolute Gasteiger partial charge is 0.263 e. The van der Waals surface area contributed by atoms with Gasteiger partial charge in [0, 0.05) is 5.56 Å². The van der Waals surface area contributed by atoms with Gasteiger partial charge in [-0.05, 0) is 36.2 Å². The molecule has 2 aromatic carbocycles. The van der Waals surface area contributed by atoms with Crippen molar-refractivity contribution in [2.24, 2.45) is 0 Å². The number of aryl methyl sites for hydroxylation is 1. The Kier molecular flexibility index (Phi) is 3.24. The standard InChI is InChI=1S/C15H11ClFN3/c1-10-7-8-12(17)13(9-10)20-14(18-19-15(20)16)11-5-3-2-4-6-11/h2-9H,1H3. The molecule has 3 rings (SSSR count). The molecular weight excluding hydrogens is 277 g/mol. The lowest BCUT2D eigenvalue weighted by molar-refractivity contribution is 0.618. The molecule has 0 aliphatic carbocycles. The maximum absolute atomic E-state index is 14.1. The molecular formula is C15H11ClFN3. The molecule has 0 unspecified atom stereocenters. The van der Waals surface area contributed by atoms with Crippen LogP contribution in [0.5, 0.6) is 0 Å². The summed E-state index contributed by atoms with van der Waals surface area (Å²) in [5.74, 6) is 0.148. The fourth-order valence-electron chi connectivity index (χ4n) is 2.05. The summed E-state index contributed by atoms with van der Waals surface area (Å²) in [5, 5.41) is 8.03. The predicted molar refractivity (Wildman–Crippen MR) is 76.5 cm³/mol. The lowest BCUT2D eigenvalue weighted by atomic mass is 10.2. The van der Waals surface area contributed by atoms with Crippen LogP contribution in [0.4, 0.5) is 4.39 Å². The molecule has 0 saturated carbocycles. The summed E-state index contributed by atoms with van der Waals surface area (Å²) in [6.07, 6.45) is 0. The third-order valence-corrected chi connectivity index (χ3v) is 3.24. The van der Waals surface area contributed by atoms with Crippen LogP contribution in [0.3, 0.4) is 0 Å². The molecule has 0 fully saturated rings.